The van der Waals surface area contributed by atoms with E-state index in [1.807, 2.05) is 0 Å². The summed E-state index contributed by atoms with van der Waals surface area (Å²) < 4.78 is 0. The second-order valence-corrected chi connectivity index (χ2v) is 5.87. The van der Waals surface area contributed by atoms with Crippen LogP contribution in [0.3, 0.4) is 0 Å². The van der Waals surface area contributed by atoms with E-state index in [0.717, 1.165) is 12.8 Å². The summed E-state index contributed by atoms with van der Waals surface area (Å²) in [4.78, 5) is 2.34. The lowest BCUT2D eigenvalue weighted by atomic mass is 9.81. The van der Waals surface area contributed by atoms with E-state index in [-0.39, 0.29) is 5.54 Å². The summed E-state index contributed by atoms with van der Waals surface area (Å²) in [5.41, 5.74) is 6.67. The largest absolute Gasteiger partial charge is 0.326 e. The van der Waals surface area contributed by atoms with Crippen molar-refractivity contribution in [3.63, 3.8) is 0 Å². The van der Waals surface area contributed by atoms with E-state index in [9.17, 15) is 0 Å². The molecule has 0 fully saturated rings. The minimum atomic E-state index is 0.198. The van der Waals surface area contributed by atoms with Crippen LogP contribution >= 0.6 is 0 Å². The van der Waals surface area contributed by atoms with Crippen molar-refractivity contribution < 1.29 is 0 Å². The van der Waals surface area contributed by atoms with Crippen LogP contribution in [-0.2, 0) is 0 Å². The normalized spacial score (nSPS) is 14.2. The molecule has 2 heteroatoms. The molecule has 0 aliphatic heterocycles. The molecule has 0 aromatic heterocycles. The van der Waals surface area contributed by atoms with Gasteiger partial charge in [0.05, 0.1) is 0 Å². The van der Waals surface area contributed by atoms with Crippen molar-refractivity contribution in [3.05, 3.63) is 0 Å². The van der Waals surface area contributed by atoms with Gasteiger partial charge in [-0.15, -0.1) is 0 Å². The van der Waals surface area contributed by atoms with E-state index < -0.39 is 0 Å². The summed E-state index contributed by atoms with van der Waals surface area (Å²) in [5, 5.41) is 0. The van der Waals surface area contributed by atoms with Gasteiger partial charge in [-0.05, 0) is 33.4 Å². The van der Waals surface area contributed by atoms with Crippen molar-refractivity contribution in [3.8, 4) is 0 Å². The highest BCUT2D eigenvalue weighted by atomic mass is 15.2. The van der Waals surface area contributed by atoms with Crippen LogP contribution < -0.4 is 5.73 Å². The molecule has 0 rings (SSSR count). The Balaban J connectivity index is 4.00. The average Bonchev–Trinajstić information content (AvgIpc) is 2.35. The van der Waals surface area contributed by atoms with Gasteiger partial charge in [-0.2, -0.15) is 0 Å². The molecule has 0 aromatic rings. The first-order chi connectivity index (χ1) is 8.55. The Morgan fingerprint density at radius 3 is 1.83 bits per heavy atom. The molecule has 1 unspecified atom stereocenters. The molecule has 18 heavy (non-hydrogen) atoms. The standard InChI is InChI=1S/C16H36N2/c1-6-9-10-11-12-13-14-15(17)16(7-2,8-3)18(4)5/h15H,6-14,17H2,1-5H3. The molecule has 0 aliphatic rings. The molecule has 0 saturated carbocycles. The summed E-state index contributed by atoms with van der Waals surface area (Å²) >= 11 is 0. The third-order valence-corrected chi connectivity index (χ3v) is 4.67. The highest BCUT2D eigenvalue weighted by molar-refractivity contribution is 4.95. The Morgan fingerprint density at radius 1 is 0.889 bits per heavy atom. The van der Waals surface area contributed by atoms with E-state index in [1.54, 1.807) is 0 Å². The molecule has 0 heterocycles. The smallest absolute Gasteiger partial charge is 0.0349 e. The predicted octanol–water partition coefficient (Wildman–Crippen LogP) is 4.18. The van der Waals surface area contributed by atoms with Gasteiger partial charge in [-0.25, -0.2) is 0 Å². The minimum Gasteiger partial charge on any atom is -0.326 e. The van der Waals surface area contributed by atoms with Crippen LogP contribution in [0.5, 0.6) is 0 Å². The average molecular weight is 256 g/mol. The van der Waals surface area contributed by atoms with Gasteiger partial charge in [0, 0.05) is 11.6 Å². The number of rotatable bonds is 11. The van der Waals surface area contributed by atoms with Crippen LogP contribution in [0.25, 0.3) is 0 Å². The number of nitrogens with zero attached hydrogens (tertiary/aromatic N) is 1. The Kier molecular flexibility index (Phi) is 9.76. The Labute approximate surface area is 115 Å². The SMILES string of the molecule is CCCCCCCCC(N)C(CC)(CC)N(C)C. The number of unbranched alkanes of at least 4 members (excludes halogenated alkanes) is 5. The number of hydrogen-bond donors (Lipinski definition) is 1. The van der Waals surface area contributed by atoms with Gasteiger partial charge in [0.1, 0.15) is 0 Å². The van der Waals surface area contributed by atoms with Crippen LogP contribution in [0.2, 0.25) is 0 Å². The molecule has 2 N–H and O–H groups in total. The summed E-state index contributed by atoms with van der Waals surface area (Å²) in [7, 11) is 4.35. The maximum Gasteiger partial charge on any atom is 0.0349 e. The fourth-order valence-electron chi connectivity index (χ4n) is 3.15. The molecule has 0 aliphatic carbocycles. The van der Waals surface area contributed by atoms with E-state index in [0.29, 0.717) is 6.04 Å². The maximum absolute atomic E-state index is 6.47. The molecule has 0 amide bonds. The molecular formula is C16H36N2. The molecule has 0 bridgehead atoms. The fourth-order valence-corrected chi connectivity index (χ4v) is 3.15. The van der Waals surface area contributed by atoms with Crippen LogP contribution in [-0.4, -0.2) is 30.6 Å². The zero-order chi connectivity index (χ0) is 14.0. The van der Waals surface area contributed by atoms with Crippen LogP contribution in [0.1, 0.15) is 78.6 Å². The molecule has 2 nitrogen and oxygen atoms in total. The zero-order valence-corrected chi connectivity index (χ0v) is 13.5. The third kappa shape index (κ3) is 5.27. The van der Waals surface area contributed by atoms with Crippen LogP contribution in [0.15, 0.2) is 0 Å². The van der Waals surface area contributed by atoms with Crippen molar-refractivity contribution >= 4 is 0 Å². The first-order valence-corrected chi connectivity index (χ1v) is 7.98. The van der Waals surface area contributed by atoms with E-state index in [4.69, 9.17) is 5.73 Å². The topological polar surface area (TPSA) is 29.3 Å². The zero-order valence-electron chi connectivity index (χ0n) is 13.5. The van der Waals surface area contributed by atoms with Gasteiger partial charge in [-0.3, -0.25) is 0 Å². The van der Waals surface area contributed by atoms with Crippen LogP contribution in [0, 0.1) is 0 Å². The van der Waals surface area contributed by atoms with Gasteiger partial charge in [-0.1, -0.05) is 59.3 Å². The lowest BCUT2D eigenvalue weighted by molar-refractivity contribution is 0.100. The molecule has 1 atom stereocenters. The van der Waals surface area contributed by atoms with E-state index in [1.165, 1.54) is 44.9 Å². The van der Waals surface area contributed by atoms with Crippen molar-refractivity contribution in [2.45, 2.75) is 90.1 Å². The first-order valence-electron chi connectivity index (χ1n) is 7.98. The summed E-state index contributed by atoms with van der Waals surface area (Å²) in [5.74, 6) is 0. The van der Waals surface area contributed by atoms with E-state index >= 15 is 0 Å². The van der Waals surface area contributed by atoms with Crippen molar-refractivity contribution in [1.82, 2.24) is 4.90 Å². The highest BCUT2D eigenvalue weighted by Gasteiger charge is 2.34. The minimum absolute atomic E-state index is 0.198. The molecule has 0 radical (unpaired) electrons. The highest BCUT2D eigenvalue weighted by Crippen LogP contribution is 2.27. The first kappa shape index (κ1) is 17.9. The molecule has 0 aromatic carbocycles. The van der Waals surface area contributed by atoms with Crippen LogP contribution in [0.4, 0.5) is 0 Å². The second kappa shape index (κ2) is 9.80. The second-order valence-electron chi connectivity index (χ2n) is 5.87. The van der Waals surface area contributed by atoms with Gasteiger partial charge < -0.3 is 10.6 Å². The molecule has 110 valence electrons. The molecule has 0 saturated heterocycles. The fraction of sp³-hybridized carbons (Fsp3) is 1.00. The number of nitrogens with two attached hydrogens (primary N) is 1. The monoisotopic (exact) mass is 256 g/mol. The van der Waals surface area contributed by atoms with Crippen molar-refractivity contribution in [2.75, 3.05) is 14.1 Å². The Bertz CT molecular complexity index is 186. The number of likely N-dealkylation sites (N-methyl/N-ethyl adjacent to an activating group) is 1. The third-order valence-electron chi connectivity index (χ3n) is 4.67. The van der Waals surface area contributed by atoms with Gasteiger partial charge in [0.25, 0.3) is 0 Å². The lowest BCUT2D eigenvalue weighted by Gasteiger charge is -2.43. The number of hydrogen-bond acceptors (Lipinski definition) is 2. The predicted molar refractivity (Wildman–Crippen MR) is 83.0 cm³/mol. The quantitative estimate of drug-likeness (QED) is 0.562. The molecule has 0 spiro atoms. The summed E-state index contributed by atoms with van der Waals surface area (Å²) in [6, 6.07) is 0.314. The summed E-state index contributed by atoms with van der Waals surface area (Å²) in [6.45, 7) is 6.80. The van der Waals surface area contributed by atoms with Crippen molar-refractivity contribution in [2.24, 2.45) is 5.73 Å². The summed E-state index contributed by atoms with van der Waals surface area (Å²) in [6.07, 6.45) is 11.6. The lowest BCUT2D eigenvalue weighted by Crippen LogP contribution is -2.56. The maximum atomic E-state index is 6.47. The van der Waals surface area contributed by atoms with E-state index in [2.05, 4.69) is 39.8 Å². The Hall–Kier alpha value is -0.0800. The van der Waals surface area contributed by atoms with Gasteiger partial charge >= 0.3 is 0 Å². The molecular weight excluding hydrogens is 220 g/mol. The van der Waals surface area contributed by atoms with Gasteiger partial charge in [0.15, 0.2) is 0 Å². The van der Waals surface area contributed by atoms with Crippen molar-refractivity contribution in [1.29, 1.82) is 0 Å². The van der Waals surface area contributed by atoms with Gasteiger partial charge in [0.2, 0.25) is 0 Å². The Morgan fingerprint density at radius 2 is 1.39 bits per heavy atom.